The molecule has 2 aliphatic rings. The highest BCUT2D eigenvalue weighted by Crippen LogP contribution is 2.33. The number of amides is 1. The zero-order chi connectivity index (χ0) is 32.2. The number of pyridine rings is 2. The van der Waals surface area contributed by atoms with Gasteiger partial charge in [0.25, 0.3) is 5.91 Å². The highest BCUT2D eigenvalue weighted by Gasteiger charge is 2.22. The van der Waals surface area contributed by atoms with Crippen LogP contribution in [0.25, 0.3) is 11.1 Å². The minimum absolute atomic E-state index is 0.0388. The van der Waals surface area contributed by atoms with E-state index in [1.165, 1.54) is 0 Å². The van der Waals surface area contributed by atoms with E-state index in [-0.39, 0.29) is 30.6 Å². The maximum atomic E-state index is 13.5. The van der Waals surface area contributed by atoms with Gasteiger partial charge in [-0.3, -0.25) is 19.3 Å². The largest absolute Gasteiger partial charge is 0.465 e. The zero-order valence-corrected chi connectivity index (χ0v) is 26.6. The zero-order valence-electron chi connectivity index (χ0n) is 26.6. The molecule has 0 saturated heterocycles. The Balaban J connectivity index is 1.16. The van der Waals surface area contributed by atoms with Crippen molar-refractivity contribution in [2.24, 2.45) is 0 Å². The maximum Gasteiger partial charge on any atom is 0.320 e. The summed E-state index contributed by atoms with van der Waals surface area (Å²) in [5.74, 6) is -0.500. The highest BCUT2D eigenvalue weighted by atomic mass is 16.5. The second-order valence-corrected chi connectivity index (χ2v) is 11.9. The van der Waals surface area contributed by atoms with Crippen molar-refractivity contribution in [3.8, 4) is 11.1 Å². The molecule has 0 unspecified atom stereocenters. The molecule has 0 atom stereocenters. The van der Waals surface area contributed by atoms with Gasteiger partial charge in [-0.05, 0) is 77.9 Å². The van der Waals surface area contributed by atoms with Crippen molar-refractivity contribution in [2.75, 3.05) is 31.6 Å². The lowest BCUT2D eigenvalue weighted by atomic mass is 9.91. The predicted molar refractivity (Wildman–Crippen MR) is 177 cm³/mol. The van der Waals surface area contributed by atoms with Gasteiger partial charge < -0.3 is 15.4 Å². The molecule has 0 aliphatic carbocycles. The number of Topliss-reactive ketones (excluding diaryl/α,β-unsaturated/α-hetero) is 1. The van der Waals surface area contributed by atoms with Crippen molar-refractivity contribution in [3.63, 3.8) is 0 Å². The lowest BCUT2D eigenvalue weighted by Crippen LogP contribution is -2.36. The third-order valence-corrected chi connectivity index (χ3v) is 8.90. The monoisotopic (exact) mass is 617 g/mol. The van der Waals surface area contributed by atoms with E-state index in [1.807, 2.05) is 61.2 Å². The lowest BCUT2D eigenvalue weighted by molar-refractivity contribution is -0.144. The summed E-state index contributed by atoms with van der Waals surface area (Å²) >= 11 is 0. The maximum absolute atomic E-state index is 13.5. The Morgan fingerprint density at radius 1 is 0.870 bits per heavy atom. The van der Waals surface area contributed by atoms with Gasteiger partial charge in [0.2, 0.25) is 0 Å². The van der Waals surface area contributed by atoms with E-state index in [0.29, 0.717) is 37.5 Å². The fourth-order valence-electron chi connectivity index (χ4n) is 6.30. The first-order valence-electron chi connectivity index (χ1n) is 15.9. The molecule has 2 N–H and O–H groups in total. The summed E-state index contributed by atoms with van der Waals surface area (Å²) in [6.45, 7) is 9.40. The molecule has 0 bridgehead atoms. The van der Waals surface area contributed by atoms with Crippen molar-refractivity contribution in [2.45, 2.75) is 53.1 Å². The van der Waals surface area contributed by atoms with Crippen LogP contribution >= 0.6 is 0 Å². The summed E-state index contributed by atoms with van der Waals surface area (Å²) in [5, 5.41) is 6.40. The van der Waals surface area contributed by atoms with Crippen LogP contribution in [0.3, 0.4) is 0 Å². The van der Waals surface area contributed by atoms with Gasteiger partial charge in [-0.2, -0.15) is 0 Å². The van der Waals surface area contributed by atoms with E-state index in [9.17, 15) is 14.4 Å². The van der Waals surface area contributed by atoms with Gasteiger partial charge in [0.1, 0.15) is 11.4 Å². The van der Waals surface area contributed by atoms with Crippen molar-refractivity contribution in [1.82, 2.24) is 20.2 Å². The van der Waals surface area contributed by atoms with Gasteiger partial charge in [-0.1, -0.05) is 42.5 Å². The van der Waals surface area contributed by atoms with Gasteiger partial charge in [0.05, 0.1) is 13.2 Å². The smallest absolute Gasteiger partial charge is 0.320 e. The van der Waals surface area contributed by atoms with Gasteiger partial charge in [-0.15, -0.1) is 0 Å². The topological polar surface area (TPSA) is 114 Å². The number of nitrogens with one attached hydrogen (secondary N) is 2. The standard InChI is InChI=1S/C37H39N5O4/c1-4-46-36(44)22-42-18-16-32-27(21-42)12-13-33(39-32)35(43)19-25-7-5-8-28(23(25)2)29-9-6-10-30(24(29)3)41-37(45)34-14-11-26-20-38-17-15-31(26)40-34/h5-14,38H,4,15-22H2,1-3H3,(H,41,45). The van der Waals surface area contributed by atoms with Crippen LogP contribution in [-0.4, -0.2) is 58.8 Å². The summed E-state index contributed by atoms with van der Waals surface area (Å²) < 4.78 is 5.08. The quantitative estimate of drug-likeness (QED) is 0.199. The van der Waals surface area contributed by atoms with E-state index in [1.54, 1.807) is 19.1 Å². The van der Waals surface area contributed by atoms with Crippen molar-refractivity contribution < 1.29 is 19.1 Å². The lowest BCUT2D eigenvalue weighted by Gasteiger charge is -2.27. The van der Waals surface area contributed by atoms with Crippen LogP contribution < -0.4 is 10.6 Å². The van der Waals surface area contributed by atoms with Crippen molar-refractivity contribution in [1.29, 1.82) is 0 Å². The molecule has 236 valence electrons. The Labute approximate surface area is 269 Å². The summed E-state index contributed by atoms with van der Waals surface area (Å²) in [4.78, 5) is 50.0. The summed E-state index contributed by atoms with van der Waals surface area (Å²) in [6.07, 6.45) is 1.72. The number of ether oxygens (including phenoxy) is 1. The van der Waals surface area contributed by atoms with Crippen LogP contribution in [0.15, 0.2) is 60.7 Å². The average Bonchev–Trinajstić information content (AvgIpc) is 3.06. The van der Waals surface area contributed by atoms with E-state index in [0.717, 1.165) is 75.5 Å². The number of carbonyl (C=O) groups is 3. The number of hydrogen-bond donors (Lipinski definition) is 2. The van der Waals surface area contributed by atoms with Gasteiger partial charge in [0, 0.05) is 62.5 Å². The molecule has 2 aliphatic heterocycles. The van der Waals surface area contributed by atoms with Crippen LogP contribution in [0.4, 0.5) is 5.69 Å². The third kappa shape index (κ3) is 6.76. The van der Waals surface area contributed by atoms with Crippen LogP contribution in [0, 0.1) is 13.8 Å². The molecule has 1 amide bonds. The number of benzene rings is 2. The van der Waals surface area contributed by atoms with E-state index in [2.05, 4.69) is 21.7 Å². The van der Waals surface area contributed by atoms with Crippen LogP contribution in [0.1, 0.15) is 67.1 Å². The molecule has 9 nitrogen and oxygen atoms in total. The minimum Gasteiger partial charge on any atom is -0.465 e. The van der Waals surface area contributed by atoms with E-state index < -0.39 is 0 Å². The van der Waals surface area contributed by atoms with Crippen molar-refractivity contribution in [3.05, 3.63) is 111 Å². The third-order valence-electron chi connectivity index (χ3n) is 8.90. The number of ketones is 1. The Kier molecular flexibility index (Phi) is 9.33. The number of fused-ring (bicyclic) bond motifs is 2. The number of carbonyl (C=O) groups excluding carboxylic acids is 3. The molecule has 9 heteroatoms. The summed E-state index contributed by atoms with van der Waals surface area (Å²) in [6, 6.07) is 19.4. The molecular weight excluding hydrogens is 578 g/mol. The fourth-order valence-corrected chi connectivity index (χ4v) is 6.30. The molecule has 2 aromatic carbocycles. The summed E-state index contributed by atoms with van der Waals surface area (Å²) in [7, 11) is 0. The number of rotatable bonds is 9. The predicted octanol–water partition coefficient (Wildman–Crippen LogP) is 5.01. The number of nitrogens with zero attached hydrogens (tertiary/aromatic N) is 3. The SMILES string of the molecule is CCOC(=O)CN1CCc2nc(C(=O)Cc3cccc(-c4cccc(NC(=O)c5ccc6c(n5)CCNC6)c4C)c3C)ccc2C1. The van der Waals surface area contributed by atoms with Gasteiger partial charge >= 0.3 is 5.97 Å². The summed E-state index contributed by atoms with van der Waals surface area (Å²) in [5.41, 5.74) is 10.5. The van der Waals surface area contributed by atoms with Crippen LogP contribution in [0.5, 0.6) is 0 Å². The Morgan fingerprint density at radius 3 is 2.41 bits per heavy atom. The molecular formula is C37H39N5O4. The van der Waals surface area contributed by atoms with Gasteiger partial charge in [0.15, 0.2) is 5.78 Å². The van der Waals surface area contributed by atoms with Gasteiger partial charge in [-0.25, -0.2) is 9.97 Å². The van der Waals surface area contributed by atoms with E-state index >= 15 is 0 Å². The first-order chi connectivity index (χ1) is 22.3. The molecule has 0 fully saturated rings. The molecule has 0 spiro atoms. The number of esters is 1. The Hall–Kier alpha value is -4.73. The number of hydrogen-bond acceptors (Lipinski definition) is 8. The number of anilines is 1. The highest BCUT2D eigenvalue weighted by molar-refractivity contribution is 6.04. The molecule has 6 rings (SSSR count). The number of aromatic nitrogens is 2. The molecule has 4 heterocycles. The molecule has 0 radical (unpaired) electrons. The average molecular weight is 618 g/mol. The first kappa shape index (κ1) is 31.3. The molecule has 46 heavy (non-hydrogen) atoms. The van der Waals surface area contributed by atoms with E-state index in [4.69, 9.17) is 9.72 Å². The molecule has 4 aromatic rings. The fraction of sp³-hybridized carbons (Fsp3) is 0.324. The Morgan fingerprint density at radius 2 is 1.59 bits per heavy atom. The second kappa shape index (κ2) is 13.7. The minimum atomic E-state index is -0.234. The Bertz CT molecular complexity index is 1820. The van der Waals surface area contributed by atoms with Crippen LogP contribution in [-0.2, 0) is 41.9 Å². The molecule has 2 aromatic heterocycles. The van der Waals surface area contributed by atoms with Crippen molar-refractivity contribution >= 4 is 23.3 Å². The molecule has 0 saturated carbocycles. The first-order valence-corrected chi connectivity index (χ1v) is 15.9. The second-order valence-electron chi connectivity index (χ2n) is 11.9. The van der Waals surface area contributed by atoms with Crippen LogP contribution in [0.2, 0.25) is 0 Å². The normalized spacial score (nSPS) is 14.2.